The third kappa shape index (κ3) is 5.14. The largest absolute Gasteiger partial charge is 0.454 e. The molecule has 0 aliphatic heterocycles. The van der Waals surface area contributed by atoms with Gasteiger partial charge in [0, 0.05) is 12.2 Å². The van der Waals surface area contributed by atoms with Gasteiger partial charge in [0.1, 0.15) is 12.4 Å². The van der Waals surface area contributed by atoms with Gasteiger partial charge in [0.05, 0.1) is 5.56 Å². The van der Waals surface area contributed by atoms with E-state index in [1.54, 1.807) is 31.2 Å². The van der Waals surface area contributed by atoms with Crippen LogP contribution >= 0.6 is 0 Å². The number of nitrogens with zero attached hydrogens (tertiary/aromatic N) is 1. The van der Waals surface area contributed by atoms with Crippen LogP contribution in [0.2, 0.25) is 0 Å². The summed E-state index contributed by atoms with van der Waals surface area (Å²) in [4.78, 5) is 37.2. The number of halogens is 1. The molecular weight excluding hydrogens is 339 g/mol. The van der Waals surface area contributed by atoms with Crippen molar-refractivity contribution < 1.29 is 23.5 Å². The van der Waals surface area contributed by atoms with Gasteiger partial charge >= 0.3 is 5.97 Å². The number of nitrogens with one attached hydrogen (secondary N) is 1. The van der Waals surface area contributed by atoms with Gasteiger partial charge in [-0.25, -0.2) is 4.39 Å². The fourth-order valence-corrected chi connectivity index (χ4v) is 2.28. The van der Waals surface area contributed by atoms with Crippen LogP contribution in [0.1, 0.15) is 17.3 Å². The maximum atomic E-state index is 13.5. The molecule has 0 saturated carbocycles. The number of hydrogen-bond acceptors (Lipinski definition) is 4. The van der Waals surface area contributed by atoms with Crippen LogP contribution in [0.5, 0.6) is 0 Å². The topological polar surface area (TPSA) is 75.7 Å². The van der Waals surface area contributed by atoms with Gasteiger partial charge in [-0.05, 0) is 31.2 Å². The molecule has 136 valence electrons. The summed E-state index contributed by atoms with van der Waals surface area (Å²) in [6.07, 6.45) is 0. The fourth-order valence-electron chi connectivity index (χ4n) is 2.28. The number of carbonyl (C=O) groups excluding carboxylic acids is 3. The van der Waals surface area contributed by atoms with Gasteiger partial charge < -0.3 is 15.0 Å². The zero-order chi connectivity index (χ0) is 18.9. The van der Waals surface area contributed by atoms with Gasteiger partial charge in [-0.3, -0.25) is 14.4 Å². The summed E-state index contributed by atoms with van der Waals surface area (Å²) in [5.41, 5.74) is 0.529. The van der Waals surface area contributed by atoms with E-state index in [2.05, 4.69) is 5.32 Å². The van der Waals surface area contributed by atoms with Crippen LogP contribution in [0, 0.1) is 5.82 Å². The first-order valence-corrected chi connectivity index (χ1v) is 8.06. The molecule has 0 heterocycles. The van der Waals surface area contributed by atoms with Gasteiger partial charge in [-0.1, -0.05) is 30.3 Å². The minimum Gasteiger partial charge on any atom is -0.454 e. The number of benzene rings is 2. The Hall–Kier alpha value is -3.22. The van der Waals surface area contributed by atoms with Gasteiger partial charge in [0.25, 0.3) is 11.8 Å². The number of para-hydroxylation sites is 1. The highest BCUT2D eigenvalue weighted by molar-refractivity contribution is 5.97. The van der Waals surface area contributed by atoms with E-state index in [4.69, 9.17) is 4.74 Å². The Kier molecular flexibility index (Phi) is 6.84. The quantitative estimate of drug-likeness (QED) is 0.770. The Balaban J connectivity index is 1.82. The minimum absolute atomic E-state index is 0.169. The monoisotopic (exact) mass is 358 g/mol. The maximum Gasteiger partial charge on any atom is 0.325 e. The second-order valence-corrected chi connectivity index (χ2v) is 5.30. The summed E-state index contributed by atoms with van der Waals surface area (Å²) in [7, 11) is 0. The van der Waals surface area contributed by atoms with Crippen molar-refractivity contribution in [1.82, 2.24) is 5.32 Å². The highest BCUT2D eigenvalue weighted by atomic mass is 19.1. The molecule has 0 radical (unpaired) electrons. The number of anilines is 1. The van der Waals surface area contributed by atoms with Crippen molar-refractivity contribution in [1.29, 1.82) is 0 Å². The molecule has 0 unspecified atom stereocenters. The summed E-state index contributed by atoms with van der Waals surface area (Å²) < 4.78 is 18.4. The summed E-state index contributed by atoms with van der Waals surface area (Å²) in [6, 6.07) is 14.4. The molecule has 0 fully saturated rings. The molecule has 0 aliphatic rings. The van der Waals surface area contributed by atoms with Crippen molar-refractivity contribution in [2.75, 3.05) is 24.6 Å². The lowest BCUT2D eigenvalue weighted by atomic mass is 10.2. The summed E-state index contributed by atoms with van der Waals surface area (Å²) >= 11 is 0. The molecule has 0 saturated heterocycles. The van der Waals surface area contributed by atoms with Crippen molar-refractivity contribution in [2.45, 2.75) is 6.92 Å². The average Bonchev–Trinajstić information content (AvgIpc) is 2.66. The van der Waals surface area contributed by atoms with Crippen LogP contribution < -0.4 is 10.2 Å². The number of rotatable bonds is 7. The molecule has 0 atom stereocenters. The van der Waals surface area contributed by atoms with Gasteiger partial charge in [-0.15, -0.1) is 0 Å². The molecule has 0 aromatic heterocycles. The first-order valence-electron chi connectivity index (χ1n) is 8.06. The predicted molar refractivity (Wildman–Crippen MR) is 94.2 cm³/mol. The highest BCUT2D eigenvalue weighted by Crippen LogP contribution is 2.13. The van der Waals surface area contributed by atoms with E-state index < -0.39 is 30.8 Å². The molecular formula is C19H19FN2O4. The van der Waals surface area contributed by atoms with Crippen molar-refractivity contribution >= 4 is 23.5 Å². The molecule has 2 amide bonds. The lowest BCUT2D eigenvalue weighted by molar-refractivity contribution is -0.146. The van der Waals surface area contributed by atoms with E-state index in [1.165, 1.54) is 23.1 Å². The standard InChI is InChI=1S/C19H19FN2O4/c1-2-22(14-8-4-3-5-9-14)17(23)13-26-18(24)12-21-19(25)15-10-6-7-11-16(15)20/h3-11H,2,12-13H2,1H3,(H,21,25). The van der Waals surface area contributed by atoms with Crippen LogP contribution in [0.15, 0.2) is 54.6 Å². The molecule has 6 nitrogen and oxygen atoms in total. The van der Waals surface area contributed by atoms with E-state index >= 15 is 0 Å². The third-order valence-corrected chi connectivity index (χ3v) is 3.55. The van der Waals surface area contributed by atoms with E-state index in [0.717, 1.165) is 6.07 Å². The Labute approximate surface area is 150 Å². The Morgan fingerprint density at radius 3 is 2.35 bits per heavy atom. The zero-order valence-electron chi connectivity index (χ0n) is 14.3. The van der Waals surface area contributed by atoms with E-state index in [-0.39, 0.29) is 11.5 Å². The number of ether oxygens (including phenoxy) is 1. The number of amides is 2. The van der Waals surface area contributed by atoms with Crippen molar-refractivity contribution in [3.05, 3.63) is 66.0 Å². The predicted octanol–water partition coefficient (Wildman–Crippen LogP) is 2.15. The second kappa shape index (κ2) is 9.31. The smallest absolute Gasteiger partial charge is 0.325 e. The second-order valence-electron chi connectivity index (χ2n) is 5.30. The molecule has 0 aliphatic carbocycles. The molecule has 2 aromatic carbocycles. The van der Waals surface area contributed by atoms with Gasteiger partial charge in [0.15, 0.2) is 6.61 Å². The molecule has 0 bridgehead atoms. The molecule has 0 spiro atoms. The molecule has 26 heavy (non-hydrogen) atoms. The van der Waals surface area contributed by atoms with Gasteiger partial charge in [-0.2, -0.15) is 0 Å². The Morgan fingerprint density at radius 2 is 1.69 bits per heavy atom. The number of hydrogen-bond donors (Lipinski definition) is 1. The van der Waals surface area contributed by atoms with Crippen LogP contribution in [-0.4, -0.2) is 37.5 Å². The zero-order valence-corrected chi connectivity index (χ0v) is 14.3. The molecule has 7 heteroatoms. The van der Waals surface area contributed by atoms with E-state index in [0.29, 0.717) is 12.2 Å². The summed E-state index contributed by atoms with van der Waals surface area (Å²) in [5.74, 6) is -2.58. The lowest BCUT2D eigenvalue weighted by Gasteiger charge is -2.20. The maximum absolute atomic E-state index is 13.5. The third-order valence-electron chi connectivity index (χ3n) is 3.55. The fraction of sp³-hybridized carbons (Fsp3) is 0.211. The average molecular weight is 358 g/mol. The Bertz CT molecular complexity index is 780. The molecule has 2 rings (SSSR count). The SMILES string of the molecule is CCN(C(=O)COC(=O)CNC(=O)c1ccccc1F)c1ccccc1. The number of esters is 1. The van der Waals surface area contributed by atoms with Crippen LogP contribution in [-0.2, 0) is 14.3 Å². The van der Waals surface area contributed by atoms with Crippen LogP contribution in [0.3, 0.4) is 0 Å². The minimum atomic E-state index is -0.785. The molecule has 2 aromatic rings. The van der Waals surface area contributed by atoms with Crippen molar-refractivity contribution in [3.8, 4) is 0 Å². The summed E-state index contributed by atoms with van der Waals surface area (Å²) in [5, 5.41) is 2.26. The first-order chi connectivity index (χ1) is 12.5. The van der Waals surface area contributed by atoms with Crippen molar-refractivity contribution in [2.24, 2.45) is 0 Å². The summed E-state index contributed by atoms with van der Waals surface area (Å²) in [6.45, 7) is 1.32. The number of likely N-dealkylation sites (N-methyl/N-ethyl adjacent to an activating group) is 1. The van der Waals surface area contributed by atoms with Crippen LogP contribution in [0.25, 0.3) is 0 Å². The Morgan fingerprint density at radius 1 is 1.04 bits per heavy atom. The first kappa shape index (κ1) is 19.1. The van der Waals surface area contributed by atoms with E-state index in [1.807, 2.05) is 6.07 Å². The van der Waals surface area contributed by atoms with Crippen LogP contribution in [0.4, 0.5) is 10.1 Å². The highest BCUT2D eigenvalue weighted by Gasteiger charge is 2.17. The normalized spacial score (nSPS) is 10.1. The van der Waals surface area contributed by atoms with Crippen molar-refractivity contribution in [3.63, 3.8) is 0 Å². The molecule has 1 N–H and O–H groups in total. The van der Waals surface area contributed by atoms with E-state index in [9.17, 15) is 18.8 Å². The number of carbonyl (C=O) groups is 3. The van der Waals surface area contributed by atoms with Gasteiger partial charge in [0.2, 0.25) is 0 Å². The lowest BCUT2D eigenvalue weighted by Crippen LogP contribution is -2.36.